The van der Waals surface area contributed by atoms with E-state index in [-0.39, 0.29) is 23.9 Å². The molecule has 3 unspecified atom stereocenters. The van der Waals surface area contributed by atoms with Gasteiger partial charge in [-0.2, -0.15) is 5.10 Å². The van der Waals surface area contributed by atoms with Gasteiger partial charge in [0.05, 0.1) is 35.7 Å². The molecule has 1 aliphatic heterocycles. The molecule has 1 aromatic heterocycles. The molecule has 1 N–H and O–H groups in total. The molecule has 0 spiro atoms. The lowest BCUT2D eigenvalue weighted by molar-refractivity contribution is -0.126. The molecule has 1 saturated carbocycles. The Hall–Kier alpha value is -2.40. The smallest absolute Gasteiger partial charge is 0.173 e. The molecule has 1 aromatic carbocycles. The molecule has 2 heterocycles. The van der Waals surface area contributed by atoms with Crippen LogP contribution in [0.3, 0.4) is 0 Å². The summed E-state index contributed by atoms with van der Waals surface area (Å²) in [7, 11) is 0. The molecule has 4 rings (SSSR count). The molecule has 0 bridgehead atoms. The lowest BCUT2D eigenvalue weighted by Crippen LogP contribution is -2.40. The predicted molar refractivity (Wildman–Crippen MR) is 84.8 cm³/mol. The molecule has 23 heavy (non-hydrogen) atoms. The Balaban J connectivity index is 1.61. The largest absolute Gasteiger partial charge is 0.496 e. The first kappa shape index (κ1) is 14.2. The van der Waals surface area contributed by atoms with E-state index in [0.29, 0.717) is 24.8 Å². The number of ether oxygens (including phenoxy) is 1. The van der Waals surface area contributed by atoms with E-state index in [1.165, 1.54) is 6.26 Å². The maximum Gasteiger partial charge on any atom is 0.173 e. The fraction of sp³-hybridized carbons (Fsp3) is 0.333. The number of fused-ring (bicyclic) bond motifs is 1. The van der Waals surface area contributed by atoms with Crippen molar-refractivity contribution in [2.75, 3.05) is 0 Å². The molecule has 5 heteroatoms. The summed E-state index contributed by atoms with van der Waals surface area (Å²) in [5, 5.41) is 14.1. The highest BCUT2D eigenvalue weighted by Crippen LogP contribution is 2.36. The molecular formula is C18H18N2O3. The number of carbonyl (C=O) groups is 1. The van der Waals surface area contributed by atoms with E-state index in [4.69, 9.17) is 4.74 Å². The summed E-state index contributed by atoms with van der Waals surface area (Å²) in [5.41, 5.74) is 2.29. The van der Waals surface area contributed by atoms with Gasteiger partial charge in [-0.05, 0) is 25.0 Å². The Labute approximate surface area is 134 Å². The van der Waals surface area contributed by atoms with Crippen molar-refractivity contribution < 1.29 is 14.6 Å². The van der Waals surface area contributed by atoms with Crippen LogP contribution in [-0.2, 0) is 9.53 Å². The van der Waals surface area contributed by atoms with Gasteiger partial charge in [0.15, 0.2) is 5.78 Å². The van der Waals surface area contributed by atoms with Gasteiger partial charge in [0.1, 0.15) is 6.10 Å². The second-order valence-corrected chi connectivity index (χ2v) is 6.15. The molecule has 1 aliphatic carbocycles. The fourth-order valence-electron chi connectivity index (χ4n) is 3.37. The molecule has 118 valence electrons. The zero-order valence-corrected chi connectivity index (χ0v) is 12.6. The minimum absolute atomic E-state index is 0.0979. The van der Waals surface area contributed by atoms with Gasteiger partial charge >= 0.3 is 0 Å². The zero-order chi connectivity index (χ0) is 15.8. The number of aliphatic hydroxyl groups is 1. The summed E-state index contributed by atoms with van der Waals surface area (Å²) in [6.45, 7) is 0. The SMILES string of the molecule is O=C1C(c2cnn(-c3ccccc3)c2)=COC2CC(O)CCC12. The molecule has 3 atom stereocenters. The van der Waals surface area contributed by atoms with E-state index in [0.717, 1.165) is 11.3 Å². The monoisotopic (exact) mass is 310 g/mol. The van der Waals surface area contributed by atoms with Crippen LogP contribution in [0, 0.1) is 5.92 Å². The van der Waals surface area contributed by atoms with Crippen molar-refractivity contribution in [3.8, 4) is 5.69 Å². The average molecular weight is 310 g/mol. The fourth-order valence-corrected chi connectivity index (χ4v) is 3.37. The van der Waals surface area contributed by atoms with Crippen LogP contribution in [0.2, 0.25) is 0 Å². The molecular weight excluding hydrogens is 292 g/mol. The van der Waals surface area contributed by atoms with Gasteiger partial charge in [-0.15, -0.1) is 0 Å². The summed E-state index contributed by atoms with van der Waals surface area (Å²) >= 11 is 0. The summed E-state index contributed by atoms with van der Waals surface area (Å²) < 4.78 is 7.47. The second kappa shape index (κ2) is 5.66. The Morgan fingerprint density at radius 1 is 1.22 bits per heavy atom. The van der Waals surface area contributed by atoms with E-state index < -0.39 is 0 Å². The highest BCUT2D eigenvalue weighted by molar-refractivity contribution is 6.22. The number of allylic oxidation sites excluding steroid dienone is 1. The quantitative estimate of drug-likeness (QED) is 0.925. The number of aliphatic hydroxyl groups excluding tert-OH is 1. The van der Waals surface area contributed by atoms with Crippen LogP contribution in [0.4, 0.5) is 0 Å². The van der Waals surface area contributed by atoms with Crippen LogP contribution in [0.25, 0.3) is 11.3 Å². The van der Waals surface area contributed by atoms with Crippen LogP contribution in [-0.4, -0.2) is 32.9 Å². The number of aromatic nitrogens is 2. The van der Waals surface area contributed by atoms with Gasteiger partial charge in [0.2, 0.25) is 0 Å². The maximum absolute atomic E-state index is 12.7. The van der Waals surface area contributed by atoms with Crippen LogP contribution in [0.5, 0.6) is 0 Å². The predicted octanol–water partition coefficient (Wildman–Crippen LogP) is 2.34. The van der Waals surface area contributed by atoms with Crippen LogP contribution in [0.15, 0.2) is 49.0 Å². The van der Waals surface area contributed by atoms with Gasteiger partial charge in [0.25, 0.3) is 0 Å². The number of carbonyl (C=O) groups excluding carboxylic acids is 1. The molecule has 2 aromatic rings. The number of hydrogen-bond acceptors (Lipinski definition) is 4. The third kappa shape index (κ3) is 2.57. The molecule has 0 saturated heterocycles. The highest BCUT2D eigenvalue weighted by atomic mass is 16.5. The number of Topliss-reactive ketones (excluding diaryl/α,β-unsaturated/α-hetero) is 1. The van der Waals surface area contributed by atoms with Crippen molar-refractivity contribution in [3.05, 3.63) is 54.6 Å². The topological polar surface area (TPSA) is 64.4 Å². The lowest BCUT2D eigenvalue weighted by Gasteiger charge is -2.35. The number of rotatable bonds is 2. The first-order valence-electron chi connectivity index (χ1n) is 7.91. The molecule has 1 fully saturated rings. The van der Waals surface area contributed by atoms with E-state index in [9.17, 15) is 9.90 Å². The second-order valence-electron chi connectivity index (χ2n) is 6.15. The summed E-state index contributed by atoms with van der Waals surface area (Å²) in [5.74, 6) is -0.0563. The highest BCUT2D eigenvalue weighted by Gasteiger charge is 2.40. The molecule has 5 nitrogen and oxygen atoms in total. The third-order valence-electron chi connectivity index (χ3n) is 4.64. The van der Waals surface area contributed by atoms with Gasteiger partial charge in [-0.1, -0.05) is 18.2 Å². The lowest BCUT2D eigenvalue weighted by atomic mass is 9.78. The van der Waals surface area contributed by atoms with Crippen molar-refractivity contribution in [2.45, 2.75) is 31.5 Å². The van der Waals surface area contributed by atoms with Gasteiger partial charge in [-0.25, -0.2) is 4.68 Å². The van der Waals surface area contributed by atoms with Crippen molar-refractivity contribution in [1.29, 1.82) is 0 Å². The standard InChI is InChI=1S/C18H18N2O3/c21-14-6-7-15-17(8-14)23-11-16(18(15)22)12-9-19-20(10-12)13-4-2-1-3-5-13/h1-5,9-11,14-15,17,21H,6-8H2. The Bertz CT molecular complexity index is 751. The normalized spacial score (nSPS) is 27.1. The third-order valence-corrected chi connectivity index (χ3v) is 4.64. The van der Waals surface area contributed by atoms with E-state index >= 15 is 0 Å². The van der Waals surface area contributed by atoms with E-state index in [2.05, 4.69) is 5.10 Å². The van der Waals surface area contributed by atoms with Crippen molar-refractivity contribution in [2.24, 2.45) is 5.92 Å². The van der Waals surface area contributed by atoms with Gasteiger partial charge in [-0.3, -0.25) is 4.79 Å². The van der Waals surface area contributed by atoms with Crippen LogP contribution >= 0.6 is 0 Å². The van der Waals surface area contributed by atoms with Crippen molar-refractivity contribution >= 4 is 11.4 Å². The Morgan fingerprint density at radius 3 is 2.87 bits per heavy atom. The van der Waals surface area contributed by atoms with Crippen molar-refractivity contribution in [1.82, 2.24) is 9.78 Å². The number of para-hydroxylation sites is 1. The first-order chi connectivity index (χ1) is 11.2. The maximum atomic E-state index is 12.7. The van der Waals surface area contributed by atoms with E-state index in [1.54, 1.807) is 10.9 Å². The van der Waals surface area contributed by atoms with Crippen LogP contribution < -0.4 is 0 Å². The average Bonchev–Trinajstić information content (AvgIpc) is 3.05. The van der Waals surface area contributed by atoms with Gasteiger partial charge < -0.3 is 9.84 Å². The van der Waals surface area contributed by atoms with Crippen molar-refractivity contribution in [3.63, 3.8) is 0 Å². The van der Waals surface area contributed by atoms with Crippen LogP contribution in [0.1, 0.15) is 24.8 Å². The summed E-state index contributed by atoms with van der Waals surface area (Å²) in [4.78, 5) is 12.7. The number of nitrogens with zero attached hydrogens (tertiary/aromatic N) is 2. The molecule has 0 radical (unpaired) electrons. The summed E-state index contributed by atoms with van der Waals surface area (Å²) in [6.07, 6.45) is 6.39. The minimum Gasteiger partial charge on any atom is -0.496 e. The zero-order valence-electron chi connectivity index (χ0n) is 12.6. The minimum atomic E-state index is -0.361. The van der Waals surface area contributed by atoms with E-state index in [1.807, 2.05) is 36.5 Å². The number of hydrogen-bond donors (Lipinski definition) is 1. The molecule has 2 aliphatic rings. The summed E-state index contributed by atoms with van der Waals surface area (Å²) in [6, 6.07) is 9.77. The Kier molecular flexibility index (Phi) is 3.50. The molecule has 0 amide bonds. The number of ketones is 1. The number of benzene rings is 1. The Morgan fingerprint density at radius 2 is 2.04 bits per heavy atom. The van der Waals surface area contributed by atoms with Gasteiger partial charge in [0, 0.05) is 18.2 Å². The first-order valence-corrected chi connectivity index (χ1v) is 7.91.